The minimum absolute atomic E-state index is 0.0225. The van der Waals surface area contributed by atoms with Gasteiger partial charge in [0.2, 0.25) is 5.91 Å². The van der Waals surface area contributed by atoms with E-state index in [9.17, 15) is 4.79 Å². The Hall–Kier alpha value is -0.610. The Bertz CT molecular complexity index is 221. The van der Waals surface area contributed by atoms with Gasteiger partial charge in [0.1, 0.15) is 0 Å². The number of hydrogen-bond acceptors (Lipinski definition) is 3. The molecule has 4 nitrogen and oxygen atoms in total. The van der Waals surface area contributed by atoms with Crippen LogP contribution in [-0.4, -0.2) is 43.7 Å². The standard InChI is InChI=1S/C11H22N2O2/c1-8(7-15-3)13(2)11(14)9-5-4-6-10(9)12/h8-10H,4-7,12H2,1-3H3. The number of methoxy groups -OCH3 is 1. The maximum absolute atomic E-state index is 12.1. The lowest BCUT2D eigenvalue weighted by atomic mass is 10.0. The fourth-order valence-corrected chi connectivity index (χ4v) is 2.13. The van der Waals surface area contributed by atoms with Crippen LogP contribution in [0.4, 0.5) is 0 Å². The molecule has 0 aromatic heterocycles. The molecule has 0 aromatic carbocycles. The first kappa shape index (κ1) is 12.5. The largest absolute Gasteiger partial charge is 0.383 e. The summed E-state index contributed by atoms with van der Waals surface area (Å²) in [6.45, 7) is 2.56. The molecule has 0 heterocycles. The highest BCUT2D eigenvalue weighted by atomic mass is 16.5. The second-order valence-corrected chi connectivity index (χ2v) is 4.45. The van der Waals surface area contributed by atoms with Gasteiger partial charge in [0, 0.05) is 20.2 Å². The molecule has 1 aliphatic carbocycles. The Labute approximate surface area is 91.8 Å². The van der Waals surface area contributed by atoms with Gasteiger partial charge in [-0.25, -0.2) is 0 Å². The molecule has 0 aliphatic heterocycles. The molecule has 0 aromatic rings. The van der Waals surface area contributed by atoms with Crippen LogP contribution in [0.3, 0.4) is 0 Å². The Balaban J connectivity index is 2.51. The summed E-state index contributed by atoms with van der Waals surface area (Å²) in [7, 11) is 3.48. The van der Waals surface area contributed by atoms with Crippen LogP contribution >= 0.6 is 0 Å². The van der Waals surface area contributed by atoms with E-state index in [0.29, 0.717) is 6.61 Å². The summed E-state index contributed by atoms with van der Waals surface area (Å²) in [5, 5.41) is 0. The minimum atomic E-state index is 0.0225. The highest BCUT2D eigenvalue weighted by molar-refractivity contribution is 5.79. The van der Waals surface area contributed by atoms with Gasteiger partial charge in [0.25, 0.3) is 0 Å². The van der Waals surface area contributed by atoms with Crippen molar-refractivity contribution in [3.63, 3.8) is 0 Å². The zero-order valence-electron chi connectivity index (χ0n) is 9.90. The third-order valence-electron chi connectivity index (χ3n) is 3.30. The highest BCUT2D eigenvalue weighted by Gasteiger charge is 2.33. The van der Waals surface area contributed by atoms with E-state index in [1.54, 1.807) is 12.0 Å². The van der Waals surface area contributed by atoms with E-state index in [-0.39, 0.29) is 23.9 Å². The number of hydrogen-bond donors (Lipinski definition) is 1. The number of nitrogens with zero attached hydrogens (tertiary/aromatic N) is 1. The lowest BCUT2D eigenvalue weighted by Crippen LogP contribution is -2.45. The molecule has 2 N–H and O–H groups in total. The molecule has 1 rings (SSSR count). The summed E-state index contributed by atoms with van der Waals surface area (Å²) in [5.41, 5.74) is 5.91. The van der Waals surface area contributed by atoms with Crippen molar-refractivity contribution in [2.45, 2.75) is 38.3 Å². The number of ether oxygens (including phenoxy) is 1. The number of carbonyl (C=O) groups excluding carboxylic acids is 1. The lowest BCUT2D eigenvalue weighted by Gasteiger charge is -2.28. The average molecular weight is 214 g/mol. The SMILES string of the molecule is COCC(C)N(C)C(=O)C1CCCC1N. The first-order valence-electron chi connectivity index (χ1n) is 5.59. The van der Waals surface area contributed by atoms with Crippen LogP contribution in [0.25, 0.3) is 0 Å². The van der Waals surface area contributed by atoms with Crippen molar-refractivity contribution in [3.05, 3.63) is 0 Å². The molecule has 88 valence electrons. The summed E-state index contributed by atoms with van der Waals surface area (Å²) < 4.78 is 5.04. The Morgan fingerprint density at radius 1 is 1.60 bits per heavy atom. The van der Waals surface area contributed by atoms with E-state index >= 15 is 0 Å². The summed E-state index contributed by atoms with van der Waals surface area (Å²) in [4.78, 5) is 13.8. The molecule has 0 bridgehead atoms. The quantitative estimate of drug-likeness (QED) is 0.746. The van der Waals surface area contributed by atoms with Crippen molar-refractivity contribution >= 4 is 5.91 Å². The zero-order valence-corrected chi connectivity index (χ0v) is 9.90. The predicted molar refractivity (Wildman–Crippen MR) is 59.4 cm³/mol. The zero-order chi connectivity index (χ0) is 11.4. The molecule has 3 atom stereocenters. The van der Waals surface area contributed by atoms with Crippen molar-refractivity contribution < 1.29 is 9.53 Å². The number of amides is 1. The van der Waals surface area contributed by atoms with Crippen LogP contribution in [0.2, 0.25) is 0 Å². The van der Waals surface area contributed by atoms with Gasteiger partial charge in [0.05, 0.1) is 18.6 Å². The van der Waals surface area contributed by atoms with E-state index in [1.165, 1.54) is 0 Å². The van der Waals surface area contributed by atoms with E-state index in [2.05, 4.69) is 0 Å². The molecule has 0 radical (unpaired) electrons. The monoisotopic (exact) mass is 214 g/mol. The third-order valence-corrected chi connectivity index (χ3v) is 3.30. The summed E-state index contributed by atoms with van der Waals surface area (Å²) in [6.07, 6.45) is 2.98. The van der Waals surface area contributed by atoms with Gasteiger partial charge < -0.3 is 15.4 Å². The van der Waals surface area contributed by atoms with E-state index in [4.69, 9.17) is 10.5 Å². The lowest BCUT2D eigenvalue weighted by molar-refractivity contribution is -0.137. The molecular formula is C11H22N2O2. The Kier molecular flexibility index (Phi) is 4.54. The second-order valence-electron chi connectivity index (χ2n) is 4.45. The van der Waals surface area contributed by atoms with Crippen LogP contribution in [0.5, 0.6) is 0 Å². The number of carbonyl (C=O) groups is 1. The van der Waals surface area contributed by atoms with Gasteiger partial charge in [-0.2, -0.15) is 0 Å². The van der Waals surface area contributed by atoms with Crippen molar-refractivity contribution in [1.82, 2.24) is 4.90 Å². The van der Waals surface area contributed by atoms with Crippen LogP contribution in [0, 0.1) is 5.92 Å². The van der Waals surface area contributed by atoms with Crippen LogP contribution in [0.15, 0.2) is 0 Å². The van der Waals surface area contributed by atoms with Gasteiger partial charge >= 0.3 is 0 Å². The predicted octanol–water partition coefficient (Wildman–Crippen LogP) is 0.607. The first-order chi connectivity index (χ1) is 7.07. The van der Waals surface area contributed by atoms with E-state index in [0.717, 1.165) is 19.3 Å². The molecular weight excluding hydrogens is 192 g/mol. The Morgan fingerprint density at radius 2 is 2.27 bits per heavy atom. The molecule has 1 aliphatic rings. The average Bonchev–Trinajstić information content (AvgIpc) is 2.62. The fraction of sp³-hybridized carbons (Fsp3) is 0.909. The van der Waals surface area contributed by atoms with Crippen LogP contribution in [-0.2, 0) is 9.53 Å². The maximum Gasteiger partial charge on any atom is 0.227 e. The smallest absolute Gasteiger partial charge is 0.227 e. The highest BCUT2D eigenvalue weighted by Crippen LogP contribution is 2.26. The third kappa shape index (κ3) is 2.92. The molecule has 1 saturated carbocycles. The molecule has 1 amide bonds. The van der Waals surface area contributed by atoms with Crippen LogP contribution < -0.4 is 5.73 Å². The molecule has 4 heteroatoms. The van der Waals surface area contributed by atoms with Gasteiger partial charge in [-0.05, 0) is 19.8 Å². The molecule has 15 heavy (non-hydrogen) atoms. The van der Waals surface area contributed by atoms with Crippen molar-refractivity contribution in [1.29, 1.82) is 0 Å². The van der Waals surface area contributed by atoms with Crippen molar-refractivity contribution in [3.8, 4) is 0 Å². The van der Waals surface area contributed by atoms with E-state index < -0.39 is 0 Å². The Morgan fingerprint density at radius 3 is 2.73 bits per heavy atom. The second kappa shape index (κ2) is 5.47. The summed E-state index contributed by atoms with van der Waals surface area (Å²) in [6, 6.07) is 0.171. The van der Waals surface area contributed by atoms with Gasteiger partial charge in [-0.15, -0.1) is 0 Å². The topological polar surface area (TPSA) is 55.6 Å². The molecule has 3 unspecified atom stereocenters. The molecule has 1 fully saturated rings. The maximum atomic E-state index is 12.1. The summed E-state index contributed by atoms with van der Waals surface area (Å²) in [5.74, 6) is 0.193. The number of likely N-dealkylation sites (N-methyl/N-ethyl adjacent to an activating group) is 1. The van der Waals surface area contributed by atoms with Gasteiger partial charge in [-0.3, -0.25) is 4.79 Å². The van der Waals surface area contributed by atoms with Crippen LogP contribution in [0.1, 0.15) is 26.2 Å². The molecule has 0 spiro atoms. The fourth-order valence-electron chi connectivity index (χ4n) is 2.13. The van der Waals surface area contributed by atoms with E-state index in [1.807, 2.05) is 14.0 Å². The minimum Gasteiger partial charge on any atom is -0.383 e. The van der Waals surface area contributed by atoms with Gasteiger partial charge in [0.15, 0.2) is 0 Å². The normalized spacial score (nSPS) is 27.7. The van der Waals surface area contributed by atoms with Crippen molar-refractivity contribution in [2.24, 2.45) is 11.7 Å². The number of rotatable bonds is 4. The van der Waals surface area contributed by atoms with Crippen molar-refractivity contribution in [2.75, 3.05) is 20.8 Å². The summed E-state index contributed by atoms with van der Waals surface area (Å²) >= 11 is 0. The number of nitrogens with two attached hydrogens (primary N) is 1. The first-order valence-corrected chi connectivity index (χ1v) is 5.59. The van der Waals surface area contributed by atoms with Gasteiger partial charge in [-0.1, -0.05) is 6.42 Å². The molecule has 0 saturated heterocycles.